The van der Waals surface area contributed by atoms with Gasteiger partial charge in [0.2, 0.25) is 5.89 Å². The van der Waals surface area contributed by atoms with Gasteiger partial charge >= 0.3 is 6.55 Å². The van der Waals surface area contributed by atoms with E-state index in [2.05, 4.69) is 25.6 Å². The Morgan fingerprint density at radius 3 is 2.75 bits per heavy atom. The molecular weight excluding hydrogens is 366 g/mol. The van der Waals surface area contributed by atoms with Crippen LogP contribution in [-0.4, -0.2) is 27.0 Å². The number of guanidine groups is 1. The van der Waals surface area contributed by atoms with Crippen LogP contribution >= 0.6 is 0 Å². The van der Waals surface area contributed by atoms with E-state index in [0.29, 0.717) is 24.1 Å². The SMILES string of the molecule is CCNC(=NCc1coc(-c2ccc(C)cc2)n1)NCc1nccn1C(F)F. The highest BCUT2D eigenvalue weighted by molar-refractivity contribution is 5.79. The van der Waals surface area contributed by atoms with E-state index in [0.717, 1.165) is 15.7 Å². The smallest absolute Gasteiger partial charge is 0.319 e. The summed E-state index contributed by atoms with van der Waals surface area (Å²) in [6.07, 6.45) is 4.15. The second-order valence-corrected chi connectivity index (χ2v) is 6.09. The van der Waals surface area contributed by atoms with E-state index >= 15 is 0 Å². The Kier molecular flexibility index (Phi) is 6.36. The third-order valence-corrected chi connectivity index (χ3v) is 3.97. The van der Waals surface area contributed by atoms with Crippen molar-refractivity contribution in [2.45, 2.75) is 33.5 Å². The molecule has 28 heavy (non-hydrogen) atoms. The summed E-state index contributed by atoms with van der Waals surface area (Å²) in [5.74, 6) is 1.23. The van der Waals surface area contributed by atoms with Crippen molar-refractivity contribution in [3.8, 4) is 11.5 Å². The summed E-state index contributed by atoms with van der Waals surface area (Å²) in [4.78, 5) is 12.8. The number of aliphatic imine (C=N–C) groups is 1. The van der Waals surface area contributed by atoms with Crippen molar-refractivity contribution < 1.29 is 13.2 Å². The van der Waals surface area contributed by atoms with E-state index in [1.807, 2.05) is 38.1 Å². The molecule has 0 aliphatic rings. The molecule has 7 nitrogen and oxygen atoms in total. The molecule has 0 fully saturated rings. The molecule has 1 aromatic carbocycles. The molecule has 0 unspecified atom stereocenters. The van der Waals surface area contributed by atoms with Gasteiger partial charge in [0, 0.05) is 24.5 Å². The number of hydrogen-bond acceptors (Lipinski definition) is 4. The van der Waals surface area contributed by atoms with Crippen LogP contribution in [0.2, 0.25) is 0 Å². The summed E-state index contributed by atoms with van der Waals surface area (Å²) in [5.41, 5.74) is 2.72. The lowest BCUT2D eigenvalue weighted by Crippen LogP contribution is -2.37. The number of imidazole rings is 1. The lowest BCUT2D eigenvalue weighted by atomic mass is 10.1. The first-order valence-electron chi connectivity index (χ1n) is 8.90. The second-order valence-electron chi connectivity index (χ2n) is 6.09. The van der Waals surface area contributed by atoms with Gasteiger partial charge in [-0.2, -0.15) is 8.78 Å². The Bertz CT molecular complexity index is 917. The molecule has 148 valence electrons. The van der Waals surface area contributed by atoms with Gasteiger partial charge < -0.3 is 15.1 Å². The molecule has 0 spiro atoms. The molecule has 0 aliphatic carbocycles. The number of hydrogen-bond donors (Lipinski definition) is 2. The van der Waals surface area contributed by atoms with Crippen LogP contribution in [0.25, 0.3) is 11.5 Å². The van der Waals surface area contributed by atoms with Gasteiger partial charge in [0.05, 0.1) is 13.1 Å². The third kappa shape index (κ3) is 4.93. The Balaban J connectivity index is 1.64. The molecule has 0 amide bonds. The zero-order valence-corrected chi connectivity index (χ0v) is 15.7. The maximum absolute atomic E-state index is 12.9. The number of benzene rings is 1. The number of oxazole rings is 1. The fraction of sp³-hybridized carbons (Fsp3) is 0.316. The van der Waals surface area contributed by atoms with Crippen LogP contribution in [0.5, 0.6) is 0 Å². The van der Waals surface area contributed by atoms with Gasteiger partial charge in [-0.1, -0.05) is 17.7 Å². The van der Waals surface area contributed by atoms with E-state index < -0.39 is 6.55 Å². The summed E-state index contributed by atoms with van der Waals surface area (Å²) in [5, 5.41) is 6.06. The highest BCUT2D eigenvalue weighted by Gasteiger charge is 2.12. The first kappa shape index (κ1) is 19.5. The molecule has 0 radical (unpaired) electrons. The standard InChI is InChI=1S/C19H22F2N6O/c1-3-22-19(25-11-16-23-8-9-27(16)18(20)21)24-10-15-12-28-17(26-15)14-6-4-13(2)5-7-14/h4-9,12,18H,3,10-11H2,1-2H3,(H2,22,24,25). The number of nitrogens with zero attached hydrogens (tertiary/aromatic N) is 4. The van der Waals surface area contributed by atoms with Crippen LogP contribution in [0.15, 0.2) is 52.3 Å². The number of nitrogens with one attached hydrogen (secondary N) is 2. The number of aromatic nitrogens is 3. The number of alkyl halides is 2. The van der Waals surface area contributed by atoms with E-state index in [1.165, 1.54) is 12.4 Å². The van der Waals surface area contributed by atoms with Gasteiger partial charge in [-0.25, -0.2) is 15.0 Å². The third-order valence-electron chi connectivity index (χ3n) is 3.97. The Morgan fingerprint density at radius 1 is 1.25 bits per heavy atom. The van der Waals surface area contributed by atoms with Crippen molar-refractivity contribution >= 4 is 5.96 Å². The predicted molar refractivity (Wildman–Crippen MR) is 102 cm³/mol. The van der Waals surface area contributed by atoms with Crippen LogP contribution in [0.1, 0.15) is 30.6 Å². The van der Waals surface area contributed by atoms with Gasteiger partial charge in [0.25, 0.3) is 0 Å². The summed E-state index contributed by atoms with van der Waals surface area (Å²) >= 11 is 0. The van der Waals surface area contributed by atoms with E-state index in [4.69, 9.17) is 4.42 Å². The molecule has 3 aromatic rings. The summed E-state index contributed by atoms with van der Waals surface area (Å²) < 4.78 is 32.1. The monoisotopic (exact) mass is 388 g/mol. The lowest BCUT2D eigenvalue weighted by molar-refractivity contribution is 0.0668. The molecule has 2 heterocycles. The van der Waals surface area contributed by atoms with Crippen molar-refractivity contribution in [1.82, 2.24) is 25.2 Å². The zero-order chi connectivity index (χ0) is 19.9. The van der Waals surface area contributed by atoms with Gasteiger partial charge in [-0.05, 0) is 26.0 Å². The Morgan fingerprint density at radius 2 is 2.04 bits per heavy atom. The van der Waals surface area contributed by atoms with E-state index in [1.54, 1.807) is 6.26 Å². The number of aryl methyl sites for hydroxylation is 1. The van der Waals surface area contributed by atoms with E-state index in [-0.39, 0.29) is 18.9 Å². The molecule has 0 saturated heterocycles. The zero-order valence-electron chi connectivity index (χ0n) is 15.7. The van der Waals surface area contributed by atoms with Crippen molar-refractivity contribution in [2.75, 3.05) is 6.54 Å². The molecule has 0 atom stereocenters. The molecule has 0 saturated carbocycles. The Labute approximate surface area is 161 Å². The summed E-state index contributed by atoms with van der Waals surface area (Å²) in [6.45, 7) is 2.34. The first-order chi connectivity index (χ1) is 13.6. The van der Waals surface area contributed by atoms with Crippen molar-refractivity contribution in [3.05, 3.63) is 60.0 Å². The van der Waals surface area contributed by atoms with Gasteiger partial charge in [0.15, 0.2) is 5.96 Å². The molecule has 2 aromatic heterocycles. The van der Waals surface area contributed by atoms with Crippen LogP contribution in [0.3, 0.4) is 0 Å². The summed E-state index contributed by atoms with van der Waals surface area (Å²) in [7, 11) is 0. The minimum atomic E-state index is -2.63. The van der Waals surface area contributed by atoms with Gasteiger partial charge in [-0.3, -0.25) is 4.57 Å². The molecular formula is C19H22F2N6O. The minimum Gasteiger partial charge on any atom is -0.444 e. The van der Waals surface area contributed by atoms with Crippen LogP contribution in [0.4, 0.5) is 8.78 Å². The van der Waals surface area contributed by atoms with Gasteiger partial charge in [0.1, 0.15) is 17.8 Å². The van der Waals surface area contributed by atoms with Crippen LogP contribution in [0, 0.1) is 6.92 Å². The van der Waals surface area contributed by atoms with Crippen molar-refractivity contribution in [1.29, 1.82) is 0 Å². The molecule has 2 N–H and O–H groups in total. The Hall–Kier alpha value is -3.23. The first-order valence-corrected chi connectivity index (χ1v) is 8.90. The van der Waals surface area contributed by atoms with Crippen LogP contribution < -0.4 is 10.6 Å². The minimum absolute atomic E-state index is 0.122. The van der Waals surface area contributed by atoms with E-state index in [9.17, 15) is 8.78 Å². The predicted octanol–water partition coefficient (Wildman–Crippen LogP) is 3.50. The highest BCUT2D eigenvalue weighted by Crippen LogP contribution is 2.19. The topological polar surface area (TPSA) is 80.3 Å². The molecule has 9 heteroatoms. The van der Waals surface area contributed by atoms with Crippen molar-refractivity contribution in [3.63, 3.8) is 0 Å². The van der Waals surface area contributed by atoms with Crippen LogP contribution in [-0.2, 0) is 13.1 Å². The molecule has 3 rings (SSSR count). The van der Waals surface area contributed by atoms with Crippen molar-refractivity contribution in [2.24, 2.45) is 4.99 Å². The number of rotatable bonds is 7. The molecule has 0 aliphatic heterocycles. The fourth-order valence-electron chi connectivity index (χ4n) is 2.53. The average molecular weight is 388 g/mol. The maximum atomic E-state index is 12.9. The summed E-state index contributed by atoms with van der Waals surface area (Å²) in [6, 6.07) is 7.89. The fourth-order valence-corrected chi connectivity index (χ4v) is 2.53. The maximum Gasteiger partial charge on any atom is 0.319 e. The van der Waals surface area contributed by atoms with Gasteiger partial charge in [-0.15, -0.1) is 0 Å². The second kappa shape index (κ2) is 9.12. The lowest BCUT2D eigenvalue weighted by Gasteiger charge is -2.11. The largest absolute Gasteiger partial charge is 0.444 e. The highest BCUT2D eigenvalue weighted by atomic mass is 19.3. The number of halogens is 2. The normalized spacial score (nSPS) is 11.8. The quantitative estimate of drug-likeness (QED) is 0.478. The molecule has 0 bridgehead atoms. The average Bonchev–Trinajstić information content (AvgIpc) is 3.34.